The van der Waals surface area contributed by atoms with E-state index in [1.54, 1.807) is 30.1 Å². The van der Waals surface area contributed by atoms with Crippen LogP contribution in [0.25, 0.3) is 0 Å². The summed E-state index contributed by atoms with van der Waals surface area (Å²) in [6, 6.07) is 12.4. The van der Waals surface area contributed by atoms with Gasteiger partial charge in [-0.05, 0) is 55.3 Å². The smallest absolute Gasteiger partial charge is 0.253 e. The first-order valence-corrected chi connectivity index (χ1v) is 10.1. The number of carbonyl (C=O) groups excluding carboxylic acids is 1. The summed E-state index contributed by atoms with van der Waals surface area (Å²) >= 11 is 0. The van der Waals surface area contributed by atoms with Gasteiger partial charge in [0.15, 0.2) is 0 Å². The molecule has 1 N–H and O–H groups in total. The van der Waals surface area contributed by atoms with Gasteiger partial charge in [-0.25, -0.2) is 8.42 Å². The molecular weight excluding hydrogens is 352 g/mol. The third-order valence-corrected chi connectivity index (χ3v) is 4.26. The Balaban J connectivity index is 1.95. The highest BCUT2D eigenvalue weighted by Gasteiger charge is 2.13. The van der Waals surface area contributed by atoms with Gasteiger partial charge in [0.1, 0.15) is 12.4 Å². The van der Waals surface area contributed by atoms with Crippen LogP contribution in [-0.4, -0.2) is 45.7 Å². The molecule has 0 aromatic heterocycles. The SMILES string of the molecule is Cc1cc(C)cc(OCCN(C)C(=O)c2cccc(NS(C)(=O)=O)c2)c1. The Morgan fingerprint density at radius 1 is 1.12 bits per heavy atom. The topological polar surface area (TPSA) is 75.7 Å². The molecule has 140 valence electrons. The summed E-state index contributed by atoms with van der Waals surface area (Å²) in [5, 5.41) is 0. The fourth-order valence-electron chi connectivity index (χ4n) is 2.57. The zero-order valence-corrected chi connectivity index (χ0v) is 16.3. The lowest BCUT2D eigenvalue weighted by Gasteiger charge is -2.18. The average Bonchev–Trinajstić information content (AvgIpc) is 2.51. The molecule has 0 aliphatic rings. The number of benzene rings is 2. The van der Waals surface area contributed by atoms with Crippen LogP contribution in [0.2, 0.25) is 0 Å². The summed E-state index contributed by atoms with van der Waals surface area (Å²) in [4.78, 5) is 14.1. The van der Waals surface area contributed by atoms with Gasteiger partial charge in [0.2, 0.25) is 10.0 Å². The molecule has 6 nitrogen and oxygen atoms in total. The monoisotopic (exact) mass is 376 g/mol. The molecule has 0 unspecified atom stereocenters. The number of nitrogens with zero attached hydrogens (tertiary/aromatic N) is 1. The lowest BCUT2D eigenvalue weighted by atomic mass is 10.1. The van der Waals surface area contributed by atoms with Gasteiger partial charge in [0.05, 0.1) is 12.8 Å². The van der Waals surface area contributed by atoms with Gasteiger partial charge >= 0.3 is 0 Å². The van der Waals surface area contributed by atoms with Crippen LogP contribution in [0, 0.1) is 13.8 Å². The first-order chi connectivity index (χ1) is 12.1. The second kappa shape index (κ2) is 8.23. The van der Waals surface area contributed by atoms with Crippen LogP contribution >= 0.6 is 0 Å². The number of amides is 1. The van der Waals surface area contributed by atoms with E-state index in [2.05, 4.69) is 10.8 Å². The Hall–Kier alpha value is -2.54. The first kappa shape index (κ1) is 19.8. The summed E-state index contributed by atoms with van der Waals surface area (Å²) in [5.74, 6) is 0.578. The Bertz CT molecular complexity index is 874. The summed E-state index contributed by atoms with van der Waals surface area (Å²) in [5.41, 5.74) is 3.02. The van der Waals surface area contributed by atoms with Crippen molar-refractivity contribution in [3.63, 3.8) is 0 Å². The van der Waals surface area contributed by atoms with Gasteiger partial charge in [-0.15, -0.1) is 0 Å². The van der Waals surface area contributed by atoms with E-state index in [-0.39, 0.29) is 5.91 Å². The van der Waals surface area contributed by atoms with Crippen LogP contribution in [-0.2, 0) is 10.0 Å². The van der Waals surface area contributed by atoms with E-state index in [1.165, 1.54) is 6.07 Å². The highest BCUT2D eigenvalue weighted by molar-refractivity contribution is 7.92. The minimum Gasteiger partial charge on any atom is -0.492 e. The molecule has 0 spiro atoms. The van der Waals surface area contributed by atoms with Crippen LogP contribution in [0.3, 0.4) is 0 Å². The van der Waals surface area contributed by atoms with E-state index in [9.17, 15) is 13.2 Å². The van der Waals surface area contributed by atoms with Crippen molar-refractivity contribution >= 4 is 21.6 Å². The molecular formula is C19H24N2O4S. The van der Waals surface area contributed by atoms with Crippen LogP contribution < -0.4 is 9.46 Å². The highest BCUT2D eigenvalue weighted by Crippen LogP contribution is 2.16. The van der Waals surface area contributed by atoms with Gasteiger partial charge in [-0.1, -0.05) is 12.1 Å². The lowest BCUT2D eigenvalue weighted by Crippen LogP contribution is -2.31. The predicted molar refractivity (Wildman–Crippen MR) is 103 cm³/mol. The van der Waals surface area contributed by atoms with Gasteiger partial charge in [-0.3, -0.25) is 9.52 Å². The Morgan fingerprint density at radius 3 is 2.38 bits per heavy atom. The summed E-state index contributed by atoms with van der Waals surface area (Å²) in [6.45, 7) is 4.79. The minimum absolute atomic E-state index is 0.203. The number of carbonyl (C=O) groups is 1. The van der Waals surface area contributed by atoms with Gasteiger partial charge in [0.25, 0.3) is 5.91 Å². The molecule has 0 saturated heterocycles. The third-order valence-electron chi connectivity index (χ3n) is 3.65. The molecule has 0 saturated carbocycles. The van der Waals surface area contributed by atoms with Gasteiger partial charge in [0, 0.05) is 18.3 Å². The Kier molecular flexibility index (Phi) is 6.26. The fourth-order valence-corrected chi connectivity index (χ4v) is 3.12. The van der Waals surface area contributed by atoms with Crippen molar-refractivity contribution in [3.05, 3.63) is 59.2 Å². The summed E-state index contributed by atoms with van der Waals surface area (Å²) in [7, 11) is -1.70. The fraction of sp³-hybridized carbons (Fsp3) is 0.316. The molecule has 0 atom stereocenters. The van der Waals surface area contributed by atoms with Crippen LogP contribution in [0.1, 0.15) is 21.5 Å². The number of anilines is 1. The maximum absolute atomic E-state index is 12.5. The number of ether oxygens (including phenoxy) is 1. The Morgan fingerprint density at radius 2 is 1.77 bits per heavy atom. The van der Waals surface area contributed by atoms with E-state index in [0.29, 0.717) is 24.4 Å². The molecule has 0 aliphatic heterocycles. The van der Waals surface area contributed by atoms with Crippen molar-refractivity contribution in [2.24, 2.45) is 0 Å². The molecule has 0 heterocycles. The second-order valence-corrected chi connectivity index (χ2v) is 8.10. The number of rotatable bonds is 7. The number of hydrogen-bond donors (Lipinski definition) is 1. The van der Waals surface area contributed by atoms with Gasteiger partial charge < -0.3 is 9.64 Å². The summed E-state index contributed by atoms with van der Waals surface area (Å²) < 4.78 is 30.7. The molecule has 26 heavy (non-hydrogen) atoms. The molecule has 0 fully saturated rings. The van der Waals surface area contributed by atoms with Crippen molar-refractivity contribution in [2.45, 2.75) is 13.8 Å². The molecule has 2 aromatic carbocycles. The normalized spacial score (nSPS) is 11.1. The van der Waals surface area contributed by atoms with Crippen LogP contribution in [0.4, 0.5) is 5.69 Å². The van der Waals surface area contributed by atoms with Crippen LogP contribution in [0.15, 0.2) is 42.5 Å². The zero-order valence-electron chi connectivity index (χ0n) is 15.4. The quantitative estimate of drug-likeness (QED) is 0.806. The molecule has 2 aromatic rings. The minimum atomic E-state index is -3.39. The Labute approximate surface area is 154 Å². The molecule has 0 bridgehead atoms. The molecule has 7 heteroatoms. The standard InChI is InChI=1S/C19H24N2O4S/c1-14-10-15(2)12-18(11-14)25-9-8-21(3)19(22)16-6-5-7-17(13-16)20-26(4,23)24/h5-7,10-13,20H,8-9H2,1-4H3. The number of sulfonamides is 1. The van der Waals surface area contributed by atoms with E-state index >= 15 is 0 Å². The second-order valence-electron chi connectivity index (χ2n) is 6.35. The molecule has 0 aliphatic carbocycles. The average molecular weight is 376 g/mol. The van der Waals surface area contributed by atoms with E-state index < -0.39 is 10.0 Å². The van der Waals surface area contributed by atoms with Crippen molar-refractivity contribution in [1.82, 2.24) is 4.90 Å². The number of nitrogens with one attached hydrogen (secondary N) is 1. The molecule has 2 rings (SSSR count). The number of hydrogen-bond acceptors (Lipinski definition) is 4. The lowest BCUT2D eigenvalue weighted by molar-refractivity contribution is 0.0773. The van der Waals surface area contributed by atoms with Gasteiger partial charge in [-0.2, -0.15) is 0 Å². The van der Waals surface area contributed by atoms with Crippen molar-refractivity contribution in [3.8, 4) is 5.75 Å². The van der Waals surface area contributed by atoms with E-state index in [4.69, 9.17) is 4.74 Å². The number of aryl methyl sites for hydroxylation is 2. The third kappa shape index (κ3) is 6.07. The van der Waals surface area contributed by atoms with Crippen molar-refractivity contribution in [1.29, 1.82) is 0 Å². The highest BCUT2D eigenvalue weighted by atomic mass is 32.2. The first-order valence-electron chi connectivity index (χ1n) is 8.18. The molecule has 0 radical (unpaired) electrons. The van der Waals surface area contributed by atoms with Crippen molar-refractivity contribution < 1.29 is 17.9 Å². The summed E-state index contributed by atoms with van der Waals surface area (Å²) in [6.07, 6.45) is 1.07. The largest absolute Gasteiger partial charge is 0.492 e. The molecule has 1 amide bonds. The predicted octanol–water partition coefficient (Wildman–Crippen LogP) is 2.83. The van der Waals surface area contributed by atoms with Crippen LogP contribution in [0.5, 0.6) is 5.75 Å². The van der Waals surface area contributed by atoms with Crippen molar-refractivity contribution in [2.75, 3.05) is 31.2 Å². The maximum atomic E-state index is 12.5. The van der Waals surface area contributed by atoms with E-state index in [1.807, 2.05) is 26.0 Å². The zero-order chi connectivity index (χ0) is 19.3. The number of likely N-dealkylation sites (N-methyl/N-ethyl adjacent to an activating group) is 1. The van der Waals surface area contributed by atoms with E-state index in [0.717, 1.165) is 23.1 Å². The maximum Gasteiger partial charge on any atom is 0.253 e.